The number of alkyl halides is 3. The summed E-state index contributed by atoms with van der Waals surface area (Å²) in [6, 6.07) is 0.183. The summed E-state index contributed by atoms with van der Waals surface area (Å²) in [5, 5.41) is 8.91. The molecule has 1 heterocycles. The van der Waals surface area contributed by atoms with Crippen LogP contribution in [-0.2, 0) is 9.53 Å². The van der Waals surface area contributed by atoms with Gasteiger partial charge >= 0.3 is 12.1 Å². The first-order valence-corrected chi connectivity index (χ1v) is 7.03. The lowest BCUT2D eigenvalue weighted by molar-refractivity contribution is -0.189. The van der Waals surface area contributed by atoms with Crippen molar-refractivity contribution in [3.05, 3.63) is 0 Å². The molecule has 0 aromatic rings. The van der Waals surface area contributed by atoms with E-state index in [1.165, 1.54) is 0 Å². The lowest BCUT2D eigenvalue weighted by atomic mass is 10.1. The number of esters is 1. The van der Waals surface area contributed by atoms with Gasteiger partial charge in [0.15, 0.2) is 6.61 Å². The van der Waals surface area contributed by atoms with Crippen molar-refractivity contribution in [2.45, 2.75) is 26.1 Å². The van der Waals surface area contributed by atoms with Gasteiger partial charge in [0.05, 0.1) is 12.5 Å². The molecule has 1 fully saturated rings. The molecule has 1 aliphatic rings. The number of nitrogens with zero attached hydrogens (tertiary/aromatic N) is 2. The van der Waals surface area contributed by atoms with Gasteiger partial charge in [-0.3, -0.25) is 14.6 Å². The molecule has 0 spiro atoms. The minimum absolute atomic E-state index is 0.104. The van der Waals surface area contributed by atoms with Crippen molar-refractivity contribution in [3.8, 4) is 0 Å². The Labute approximate surface area is 122 Å². The first kappa shape index (κ1) is 18.2. The molecule has 1 rings (SSSR count). The predicted molar refractivity (Wildman–Crippen MR) is 70.7 cm³/mol. The van der Waals surface area contributed by atoms with E-state index in [2.05, 4.69) is 14.5 Å². The van der Waals surface area contributed by atoms with E-state index < -0.39 is 24.7 Å². The average Bonchev–Trinajstić information content (AvgIpc) is 2.38. The Morgan fingerprint density at radius 2 is 2.10 bits per heavy atom. The first-order valence-electron chi connectivity index (χ1n) is 7.03. The maximum absolute atomic E-state index is 12.0. The standard InChI is InChI=1S/C13H23F3N2O3/c1-10(12(20)21-9-13(14,15)16)7-18-4-3-17(5-6-19)8-11(18)2/h10-11,19H,3-9H2,1-2H3. The number of carbonyl (C=O) groups excluding carboxylic acids is 1. The lowest BCUT2D eigenvalue weighted by Gasteiger charge is -2.40. The fourth-order valence-electron chi connectivity index (χ4n) is 2.41. The van der Waals surface area contributed by atoms with Crippen molar-refractivity contribution in [1.29, 1.82) is 0 Å². The second-order valence-electron chi connectivity index (χ2n) is 5.49. The van der Waals surface area contributed by atoms with Gasteiger partial charge in [0.25, 0.3) is 0 Å². The minimum atomic E-state index is -4.49. The average molecular weight is 312 g/mol. The number of aliphatic hydroxyl groups excluding tert-OH is 1. The molecule has 0 saturated carbocycles. The third-order valence-corrected chi connectivity index (χ3v) is 3.55. The number of aliphatic hydroxyl groups is 1. The number of piperazine rings is 1. The van der Waals surface area contributed by atoms with Crippen LogP contribution in [0.4, 0.5) is 13.2 Å². The molecule has 0 bridgehead atoms. The van der Waals surface area contributed by atoms with Crippen LogP contribution in [0, 0.1) is 5.92 Å². The number of ether oxygens (including phenoxy) is 1. The number of rotatable bonds is 6. The number of β-amino-alcohol motifs (C(OH)–C–C–N with tert-alkyl or cyclic N) is 1. The van der Waals surface area contributed by atoms with Crippen LogP contribution in [0.1, 0.15) is 13.8 Å². The van der Waals surface area contributed by atoms with Gasteiger partial charge in [0, 0.05) is 38.8 Å². The molecule has 21 heavy (non-hydrogen) atoms. The normalized spacial score (nSPS) is 23.0. The molecule has 0 aliphatic carbocycles. The molecular weight excluding hydrogens is 289 g/mol. The smallest absolute Gasteiger partial charge is 0.422 e. The van der Waals surface area contributed by atoms with Crippen molar-refractivity contribution in [1.82, 2.24) is 9.80 Å². The summed E-state index contributed by atoms with van der Waals surface area (Å²) < 4.78 is 40.3. The predicted octanol–water partition coefficient (Wildman–Crippen LogP) is 0.726. The van der Waals surface area contributed by atoms with Gasteiger partial charge < -0.3 is 9.84 Å². The van der Waals surface area contributed by atoms with E-state index in [1.807, 2.05) is 6.92 Å². The van der Waals surface area contributed by atoms with Crippen LogP contribution in [-0.4, -0.2) is 79.0 Å². The highest BCUT2D eigenvalue weighted by molar-refractivity contribution is 5.72. The van der Waals surface area contributed by atoms with Crippen LogP contribution in [0.25, 0.3) is 0 Å². The van der Waals surface area contributed by atoms with Gasteiger partial charge in [-0.1, -0.05) is 6.92 Å². The summed E-state index contributed by atoms with van der Waals surface area (Å²) in [6.07, 6.45) is -4.49. The zero-order chi connectivity index (χ0) is 16.0. The van der Waals surface area contributed by atoms with E-state index >= 15 is 0 Å². The summed E-state index contributed by atoms with van der Waals surface area (Å²) in [5.41, 5.74) is 0. The number of hydrogen-bond acceptors (Lipinski definition) is 5. The molecule has 2 atom stereocenters. The second kappa shape index (κ2) is 7.95. The number of halogens is 3. The summed E-state index contributed by atoms with van der Waals surface area (Å²) in [7, 11) is 0. The van der Waals surface area contributed by atoms with Gasteiger partial charge in [0.1, 0.15) is 0 Å². The molecular formula is C13H23F3N2O3. The second-order valence-corrected chi connectivity index (χ2v) is 5.49. The van der Waals surface area contributed by atoms with Gasteiger partial charge in [-0.2, -0.15) is 13.2 Å². The Morgan fingerprint density at radius 1 is 1.43 bits per heavy atom. The molecule has 0 aromatic heterocycles. The molecule has 8 heteroatoms. The molecule has 2 unspecified atom stereocenters. The van der Waals surface area contributed by atoms with Crippen molar-refractivity contribution in [2.75, 3.05) is 45.9 Å². The Balaban J connectivity index is 2.37. The quantitative estimate of drug-likeness (QED) is 0.733. The van der Waals surface area contributed by atoms with Crippen LogP contribution in [0.2, 0.25) is 0 Å². The zero-order valence-corrected chi connectivity index (χ0v) is 12.4. The monoisotopic (exact) mass is 312 g/mol. The fraction of sp³-hybridized carbons (Fsp3) is 0.923. The van der Waals surface area contributed by atoms with Crippen molar-refractivity contribution in [3.63, 3.8) is 0 Å². The van der Waals surface area contributed by atoms with Crippen molar-refractivity contribution in [2.24, 2.45) is 5.92 Å². The van der Waals surface area contributed by atoms with Gasteiger partial charge in [0.2, 0.25) is 0 Å². The summed E-state index contributed by atoms with van der Waals surface area (Å²) in [6.45, 7) is 5.40. The van der Waals surface area contributed by atoms with E-state index in [1.54, 1.807) is 6.92 Å². The highest BCUT2D eigenvalue weighted by Gasteiger charge is 2.32. The fourth-order valence-corrected chi connectivity index (χ4v) is 2.41. The van der Waals surface area contributed by atoms with Crippen LogP contribution >= 0.6 is 0 Å². The Kier molecular flexibility index (Phi) is 6.89. The molecule has 1 N–H and O–H groups in total. The van der Waals surface area contributed by atoms with Gasteiger partial charge in [-0.05, 0) is 6.92 Å². The Hall–Kier alpha value is -0.860. The first-order chi connectivity index (χ1) is 9.73. The molecule has 124 valence electrons. The summed E-state index contributed by atoms with van der Waals surface area (Å²) >= 11 is 0. The molecule has 0 amide bonds. The molecule has 0 aromatic carbocycles. The lowest BCUT2D eigenvalue weighted by Crippen LogP contribution is -2.53. The van der Waals surface area contributed by atoms with E-state index in [9.17, 15) is 18.0 Å². The van der Waals surface area contributed by atoms with E-state index in [-0.39, 0.29) is 12.6 Å². The molecule has 1 saturated heterocycles. The van der Waals surface area contributed by atoms with Gasteiger partial charge in [-0.15, -0.1) is 0 Å². The van der Waals surface area contributed by atoms with E-state index in [0.717, 1.165) is 19.6 Å². The summed E-state index contributed by atoms with van der Waals surface area (Å²) in [4.78, 5) is 15.7. The van der Waals surface area contributed by atoms with Crippen LogP contribution in [0.15, 0.2) is 0 Å². The van der Waals surface area contributed by atoms with E-state index in [4.69, 9.17) is 5.11 Å². The van der Waals surface area contributed by atoms with E-state index in [0.29, 0.717) is 13.1 Å². The van der Waals surface area contributed by atoms with Crippen LogP contribution in [0.3, 0.4) is 0 Å². The minimum Gasteiger partial charge on any atom is -0.456 e. The Bertz CT molecular complexity index is 339. The highest BCUT2D eigenvalue weighted by atomic mass is 19.4. The van der Waals surface area contributed by atoms with Crippen LogP contribution in [0.5, 0.6) is 0 Å². The molecule has 0 radical (unpaired) electrons. The Morgan fingerprint density at radius 3 is 2.62 bits per heavy atom. The SMILES string of the molecule is CC(CN1CCN(CCO)CC1C)C(=O)OCC(F)(F)F. The number of carbonyl (C=O) groups is 1. The van der Waals surface area contributed by atoms with Crippen molar-refractivity contribution < 1.29 is 27.8 Å². The highest BCUT2D eigenvalue weighted by Crippen LogP contribution is 2.17. The van der Waals surface area contributed by atoms with Crippen LogP contribution < -0.4 is 0 Å². The summed E-state index contributed by atoms with van der Waals surface area (Å²) in [5.74, 6) is -1.42. The maximum atomic E-state index is 12.0. The van der Waals surface area contributed by atoms with Crippen molar-refractivity contribution >= 4 is 5.97 Å². The topological polar surface area (TPSA) is 53.0 Å². The third-order valence-electron chi connectivity index (χ3n) is 3.55. The zero-order valence-electron chi connectivity index (χ0n) is 12.4. The molecule has 1 aliphatic heterocycles. The van der Waals surface area contributed by atoms with Gasteiger partial charge in [-0.25, -0.2) is 0 Å². The third kappa shape index (κ3) is 6.62. The molecule has 5 nitrogen and oxygen atoms in total. The maximum Gasteiger partial charge on any atom is 0.422 e. The largest absolute Gasteiger partial charge is 0.456 e. The number of hydrogen-bond donors (Lipinski definition) is 1.